The van der Waals surface area contributed by atoms with E-state index in [0.29, 0.717) is 0 Å². The van der Waals surface area contributed by atoms with Crippen molar-refractivity contribution in [1.82, 2.24) is 0 Å². The summed E-state index contributed by atoms with van der Waals surface area (Å²) in [6, 6.07) is 20.3. The van der Waals surface area contributed by atoms with E-state index in [-0.39, 0.29) is 6.04 Å². The first-order chi connectivity index (χ1) is 11.1. The second kappa shape index (κ2) is 5.27. The highest BCUT2D eigenvalue weighted by Crippen LogP contribution is 2.40. The highest BCUT2D eigenvalue weighted by atomic mass is 15.1. The highest BCUT2D eigenvalue weighted by Gasteiger charge is 2.22. The summed E-state index contributed by atoms with van der Waals surface area (Å²) in [6.07, 6.45) is 4.57. The predicted molar refractivity (Wildman–Crippen MR) is 100 cm³/mol. The zero-order valence-electron chi connectivity index (χ0n) is 13.9. The van der Waals surface area contributed by atoms with Gasteiger partial charge in [-0.1, -0.05) is 71.8 Å². The molecule has 1 nitrogen and oxygen atoms in total. The molecular formula is C22H21N. The Labute approximate surface area is 137 Å². The summed E-state index contributed by atoms with van der Waals surface area (Å²) in [5, 5.41) is 2.64. The number of aryl methyl sites for hydroxylation is 2. The quantitative estimate of drug-likeness (QED) is 0.560. The summed E-state index contributed by atoms with van der Waals surface area (Å²) in [5.74, 6) is 0. The van der Waals surface area contributed by atoms with Gasteiger partial charge < -0.3 is 4.90 Å². The molecule has 3 aromatic carbocycles. The van der Waals surface area contributed by atoms with Crippen LogP contribution < -0.4 is 4.90 Å². The Morgan fingerprint density at radius 2 is 1.52 bits per heavy atom. The molecule has 0 aliphatic carbocycles. The standard InChI is InChI=1S/C22H21N/c1-15-4-8-18(9-5-15)21-13-12-19-11-10-17-7-6-16(2)14-20(17)22(19)23(21)3/h4-14,21H,1-3H3. The summed E-state index contributed by atoms with van der Waals surface area (Å²) < 4.78 is 0. The Morgan fingerprint density at radius 3 is 2.30 bits per heavy atom. The number of anilines is 1. The van der Waals surface area contributed by atoms with E-state index in [2.05, 4.69) is 92.5 Å². The average Bonchev–Trinajstić information content (AvgIpc) is 2.56. The molecular weight excluding hydrogens is 278 g/mol. The molecule has 0 amide bonds. The van der Waals surface area contributed by atoms with Gasteiger partial charge in [0.2, 0.25) is 0 Å². The zero-order valence-corrected chi connectivity index (χ0v) is 13.9. The molecule has 1 unspecified atom stereocenters. The second-order valence-electron chi connectivity index (χ2n) is 6.55. The first-order valence-electron chi connectivity index (χ1n) is 8.14. The fraction of sp³-hybridized carbons (Fsp3) is 0.182. The monoisotopic (exact) mass is 299 g/mol. The number of likely N-dealkylation sites (N-methyl/N-ethyl adjacent to an activating group) is 1. The lowest BCUT2D eigenvalue weighted by molar-refractivity contribution is 0.808. The number of nitrogens with zero attached hydrogens (tertiary/aromatic N) is 1. The van der Waals surface area contributed by atoms with Gasteiger partial charge in [0, 0.05) is 12.4 Å². The molecule has 0 fully saturated rings. The van der Waals surface area contributed by atoms with E-state index in [1.807, 2.05) is 0 Å². The van der Waals surface area contributed by atoms with Crippen LogP contribution in [-0.4, -0.2) is 7.05 Å². The average molecular weight is 299 g/mol. The molecule has 4 rings (SSSR count). The van der Waals surface area contributed by atoms with Gasteiger partial charge in [-0.2, -0.15) is 0 Å². The number of benzene rings is 3. The second-order valence-corrected chi connectivity index (χ2v) is 6.55. The van der Waals surface area contributed by atoms with Gasteiger partial charge in [-0.25, -0.2) is 0 Å². The fourth-order valence-corrected chi connectivity index (χ4v) is 3.52. The maximum atomic E-state index is 2.40. The van der Waals surface area contributed by atoms with Crippen molar-refractivity contribution in [2.75, 3.05) is 11.9 Å². The first-order valence-corrected chi connectivity index (χ1v) is 8.14. The van der Waals surface area contributed by atoms with Crippen LogP contribution in [0.5, 0.6) is 0 Å². The molecule has 0 N–H and O–H groups in total. The molecule has 1 aliphatic rings. The minimum Gasteiger partial charge on any atom is -0.363 e. The van der Waals surface area contributed by atoms with Crippen LogP contribution in [-0.2, 0) is 0 Å². The molecule has 0 saturated heterocycles. The lowest BCUT2D eigenvalue weighted by Crippen LogP contribution is -2.25. The maximum absolute atomic E-state index is 2.40. The predicted octanol–water partition coefficient (Wildman–Crippen LogP) is 5.66. The van der Waals surface area contributed by atoms with E-state index in [4.69, 9.17) is 0 Å². The van der Waals surface area contributed by atoms with Crippen LogP contribution in [0.1, 0.15) is 28.3 Å². The molecule has 0 saturated carbocycles. The normalized spacial score (nSPS) is 16.7. The van der Waals surface area contributed by atoms with Crippen LogP contribution in [0, 0.1) is 13.8 Å². The molecule has 0 spiro atoms. The molecule has 3 aromatic rings. The summed E-state index contributed by atoms with van der Waals surface area (Å²) in [6.45, 7) is 4.30. The van der Waals surface area contributed by atoms with Crippen LogP contribution >= 0.6 is 0 Å². The zero-order chi connectivity index (χ0) is 16.0. The molecule has 0 aromatic heterocycles. The van der Waals surface area contributed by atoms with E-state index in [0.717, 1.165) is 0 Å². The third kappa shape index (κ3) is 2.33. The van der Waals surface area contributed by atoms with Crippen LogP contribution in [0.25, 0.3) is 16.8 Å². The summed E-state index contributed by atoms with van der Waals surface area (Å²) >= 11 is 0. The molecule has 0 bridgehead atoms. The Kier molecular flexibility index (Phi) is 3.23. The number of hydrogen-bond donors (Lipinski definition) is 0. The third-order valence-electron chi connectivity index (χ3n) is 4.83. The van der Waals surface area contributed by atoms with Gasteiger partial charge in [0.25, 0.3) is 0 Å². The molecule has 1 heterocycles. The van der Waals surface area contributed by atoms with Crippen molar-refractivity contribution in [2.45, 2.75) is 19.9 Å². The minimum atomic E-state index is 0.286. The molecule has 114 valence electrons. The summed E-state index contributed by atoms with van der Waals surface area (Å²) in [5.41, 5.74) is 6.58. The minimum absolute atomic E-state index is 0.286. The molecule has 23 heavy (non-hydrogen) atoms. The van der Waals surface area contributed by atoms with Gasteiger partial charge in [-0.15, -0.1) is 0 Å². The molecule has 1 atom stereocenters. The van der Waals surface area contributed by atoms with Crippen molar-refractivity contribution in [3.8, 4) is 0 Å². The summed E-state index contributed by atoms with van der Waals surface area (Å²) in [7, 11) is 2.20. The topological polar surface area (TPSA) is 3.24 Å². The SMILES string of the molecule is Cc1ccc(C2C=Cc3ccc4ccc(C)cc4c3N2C)cc1. The van der Waals surface area contributed by atoms with Crippen LogP contribution in [0.3, 0.4) is 0 Å². The van der Waals surface area contributed by atoms with Crippen molar-refractivity contribution < 1.29 is 0 Å². The fourth-order valence-electron chi connectivity index (χ4n) is 3.52. The number of hydrogen-bond acceptors (Lipinski definition) is 1. The van der Waals surface area contributed by atoms with Crippen molar-refractivity contribution >= 4 is 22.5 Å². The lowest BCUT2D eigenvalue weighted by atomic mass is 9.94. The van der Waals surface area contributed by atoms with Crippen molar-refractivity contribution in [2.24, 2.45) is 0 Å². The summed E-state index contributed by atoms with van der Waals surface area (Å²) in [4.78, 5) is 2.40. The van der Waals surface area contributed by atoms with E-state index in [9.17, 15) is 0 Å². The Morgan fingerprint density at radius 1 is 0.826 bits per heavy atom. The largest absolute Gasteiger partial charge is 0.363 e. The molecule has 1 aliphatic heterocycles. The van der Waals surface area contributed by atoms with E-state index < -0.39 is 0 Å². The van der Waals surface area contributed by atoms with Gasteiger partial charge in [-0.3, -0.25) is 0 Å². The Bertz CT molecular complexity index is 903. The van der Waals surface area contributed by atoms with Gasteiger partial charge in [-0.05, 0) is 36.4 Å². The number of rotatable bonds is 1. The van der Waals surface area contributed by atoms with E-state index in [1.54, 1.807) is 0 Å². The van der Waals surface area contributed by atoms with Crippen molar-refractivity contribution in [1.29, 1.82) is 0 Å². The van der Waals surface area contributed by atoms with E-state index in [1.165, 1.54) is 38.7 Å². The van der Waals surface area contributed by atoms with Gasteiger partial charge >= 0.3 is 0 Å². The smallest absolute Gasteiger partial charge is 0.0727 e. The van der Waals surface area contributed by atoms with Gasteiger partial charge in [0.05, 0.1) is 11.7 Å². The maximum Gasteiger partial charge on any atom is 0.0727 e. The lowest BCUT2D eigenvalue weighted by Gasteiger charge is -2.34. The highest BCUT2D eigenvalue weighted by molar-refractivity contribution is 6.00. The van der Waals surface area contributed by atoms with Gasteiger partial charge in [0.15, 0.2) is 0 Å². The Hall–Kier alpha value is -2.54. The van der Waals surface area contributed by atoms with Crippen molar-refractivity contribution in [3.05, 3.63) is 82.9 Å². The van der Waals surface area contributed by atoms with Crippen molar-refractivity contribution in [3.63, 3.8) is 0 Å². The van der Waals surface area contributed by atoms with Crippen LogP contribution in [0.15, 0.2) is 60.7 Å². The van der Waals surface area contributed by atoms with Crippen LogP contribution in [0.4, 0.5) is 5.69 Å². The Balaban J connectivity index is 1.88. The van der Waals surface area contributed by atoms with E-state index >= 15 is 0 Å². The molecule has 1 heteroatoms. The molecule has 0 radical (unpaired) electrons. The van der Waals surface area contributed by atoms with Gasteiger partial charge in [0.1, 0.15) is 0 Å². The third-order valence-corrected chi connectivity index (χ3v) is 4.83. The first kappa shape index (κ1) is 14.1. The number of fused-ring (bicyclic) bond motifs is 3. The van der Waals surface area contributed by atoms with Crippen LogP contribution in [0.2, 0.25) is 0 Å².